The zero-order chi connectivity index (χ0) is 33.0. The molecule has 0 unspecified atom stereocenters. The van der Waals surface area contributed by atoms with E-state index in [9.17, 15) is 14.0 Å². The summed E-state index contributed by atoms with van der Waals surface area (Å²) in [6.45, 7) is 11.1. The number of ether oxygens (including phenoxy) is 1. The first-order valence-corrected chi connectivity index (χ1v) is 17.7. The minimum Gasteiger partial charge on any atom is -0.434 e. The van der Waals surface area contributed by atoms with Gasteiger partial charge >= 0.3 is 0 Å². The van der Waals surface area contributed by atoms with Crippen LogP contribution < -0.4 is 15.0 Å². The Hall–Kier alpha value is -3.71. The molecule has 2 saturated heterocycles. The second kappa shape index (κ2) is 14.6. The maximum atomic E-state index is 14.3. The number of rotatable bonds is 10. The van der Waals surface area contributed by atoms with Gasteiger partial charge in [-0.25, -0.2) is 9.37 Å². The van der Waals surface area contributed by atoms with Gasteiger partial charge in [0.1, 0.15) is 22.8 Å². The number of hydrogen-bond acceptors (Lipinski definition) is 10. The predicted octanol–water partition coefficient (Wildman–Crippen LogP) is 5.41. The molecule has 0 bridgehead atoms. The number of likely N-dealkylation sites (tertiary alicyclic amines) is 1. The standard InChI is InChI=1S/C34H45FN8O3S/c1-4-43(23(2)3)33(45)27-17-25(35)5-6-28(27)46-32-30(37-21-38-40-32)42-14-9-24(20-42)19-41-15-12-34(13-16-41)10-7-26(8-11-34)39-31(44)29-18-36-22-47-29/h5-6,17-18,21-24,26H,4,7-16,19-20H2,1-3H3,(H,39,44)/t24-/m0/s1. The monoisotopic (exact) mass is 664 g/mol. The Balaban J connectivity index is 1.02. The van der Waals surface area contributed by atoms with Crippen molar-refractivity contribution in [3.05, 3.63) is 52.5 Å². The van der Waals surface area contributed by atoms with Crippen molar-refractivity contribution in [2.24, 2.45) is 11.3 Å². The number of nitrogens with one attached hydrogen (secondary N) is 1. The molecule has 4 heterocycles. The van der Waals surface area contributed by atoms with Crippen molar-refractivity contribution in [2.75, 3.05) is 44.2 Å². The predicted molar refractivity (Wildman–Crippen MR) is 178 cm³/mol. The van der Waals surface area contributed by atoms with E-state index in [1.54, 1.807) is 16.6 Å². The van der Waals surface area contributed by atoms with Gasteiger partial charge in [0.2, 0.25) is 0 Å². The maximum Gasteiger partial charge on any atom is 0.282 e. The molecule has 2 aliphatic heterocycles. The van der Waals surface area contributed by atoms with Crippen LogP contribution in [0.15, 0.2) is 36.2 Å². The third-order valence-electron chi connectivity index (χ3n) is 10.2. The number of amides is 2. The summed E-state index contributed by atoms with van der Waals surface area (Å²) in [5.74, 6) is 0.702. The van der Waals surface area contributed by atoms with Gasteiger partial charge in [0.25, 0.3) is 17.7 Å². The van der Waals surface area contributed by atoms with Gasteiger partial charge in [-0.15, -0.1) is 21.5 Å². The molecule has 0 radical (unpaired) electrons. The Bertz CT molecular complexity index is 1520. The van der Waals surface area contributed by atoms with Crippen molar-refractivity contribution in [2.45, 2.75) is 77.8 Å². The van der Waals surface area contributed by atoms with Gasteiger partial charge in [-0.05, 0) is 108 Å². The number of thiazole rings is 1. The molecule has 3 aromatic rings. The quantitative estimate of drug-likeness (QED) is 0.304. The first kappa shape index (κ1) is 33.2. The molecule has 3 aliphatic rings. The van der Waals surface area contributed by atoms with Gasteiger partial charge in [0, 0.05) is 38.3 Å². The Morgan fingerprint density at radius 3 is 2.64 bits per heavy atom. The first-order valence-electron chi connectivity index (χ1n) is 16.9. The minimum atomic E-state index is -0.506. The molecular weight excluding hydrogens is 619 g/mol. The number of halogens is 1. The molecule has 252 valence electrons. The smallest absolute Gasteiger partial charge is 0.282 e. The highest BCUT2D eigenvalue weighted by Crippen LogP contribution is 2.45. The van der Waals surface area contributed by atoms with Crippen molar-refractivity contribution in [3.8, 4) is 11.6 Å². The zero-order valence-electron chi connectivity index (χ0n) is 27.5. The van der Waals surface area contributed by atoms with Crippen LogP contribution in [-0.4, -0.2) is 93.1 Å². The number of carbonyl (C=O) groups is 2. The molecule has 1 N–H and O–H groups in total. The summed E-state index contributed by atoms with van der Waals surface area (Å²) in [6, 6.07) is 4.17. The fraction of sp³-hybridized carbons (Fsp3) is 0.588. The topological polar surface area (TPSA) is 117 Å². The van der Waals surface area contributed by atoms with Crippen molar-refractivity contribution in [3.63, 3.8) is 0 Å². The summed E-state index contributed by atoms with van der Waals surface area (Å²) in [6.07, 6.45) is 10.9. The number of benzene rings is 1. The highest BCUT2D eigenvalue weighted by Gasteiger charge is 2.39. The zero-order valence-corrected chi connectivity index (χ0v) is 28.3. The molecule has 1 atom stereocenters. The summed E-state index contributed by atoms with van der Waals surface area (Å²) < 4.78 is 20.5. The molecule has 3 fully saturated rings. The number of nitrogens with zero attached hydrogens (tertiary/aromatic N) is 7. The highest BCUT2D eigenvalue weighted by molar-refractivity contribution is 7.11. The third kappa shape index (κ3) is 7.72. The SMILES string of the molecule is CCN(C(=O)c1cc(F)ccc1Oc1nncnc1N1CC[C@@H](CN2CCC3(CCC(NC(=O)c4cncs4)CC3)CC2)C1)C(C)C. The number of aromatic nitrogens is 4. The summed E-state index contributed by atoms with van der Waals surface area (Å²) in [4.78, 5) is 41.5. The summed E-state index contributed by atoms with van der Waals surface area (Å²) >= 11 is 1.39. The lowest BCUT2D eigenvalue weighted by molar-refractivity contribution is 0.0511. The molecule has 6 rings (SSSR count). The van der Waals surface area contributed by atoms with Crippen LogP contribution in [-0.2, 0) is 0 Å². The van der Waals surface area contributed by atoms with E-state index < -0.39 is 5.82 Å². The van der Waals surface area contributed by atoms with Crippen molar-refractivity contribution < 1.29 is 18.7 Å². The van der Waals surface area contributed by atoms with Gasteiger partial charge in [-0.3, -0.25) is 14.6 Å². The summed E-state index contributed by atoms with van der Waals surface area (Å²) in [5.41, 5.74) is 2.24. The number of piperidine rings is 1. The summed E-state index contributed by atoms with van der Waals surface area (Å²) in [5, 5.41) is 11.4. The average molecular weight is 665 g/mol. The Labute approximate surface area is 279 Å². The van der Waals surface area contributed by atoms with Crippen LogP contribution in [0.5, 0.6) is 11.6 Å². The number of hydrogen-bond donors (Lipinski definition) is 1. The number of anilines is 1. The van der Waals surface area contributed by atoms with Crippen molar-refractivity contribution >= 4 is 29.0 Å². The third-order valence-corrected chi connectivity index (χ3v) is 11.0. The van der Waals surface area contributed by atoms with Crippen LogP contribution in [0.25, 0.3) is 0 Å². The molecular formula is C34H45FN8O3S. The molecule has 47 heavy (non-hydrogen) atoms. The van der Waals surface area contributed by atoms with E-state index in [2.05, 4.69) is 35.3 Å². The summed E-state index contributed by atoms with van der Waals surface area (Å²) in [7, 11) is 0. The van der Waals surface area contributed by atoms with Gasteiger partial charge in [-0.2, -0.15) is 0 Å². The van der Waals surface area contributed by atoms with E-state index in [4.69, 9.17) is 4.74 Å². The lowest BCUT2D eigenvalue weighted by Crippen LogP contribution is -2.46. The normalized spacial score (nSPS) is 20.1. The minimum absolute atomic E-state index is 0.00515. The van der Waals surface area contributed by atoms with E-state index in [-0.39, 0.29) is 41.1 Å². The first-order chi connectivity index (χ1) is 22.7. The Morgan fingerprint density at radius 2 is 1.94 bits per heavy atom. The van der Waals surface area contributed by atoms with E-state index in [1.807, 2.05) is 20.8 Å². The van der Waals surface area contributed by atoms with Crippen molar-refractivity contribution in [1.82, 2.24) is 35.3 Å². The van der Waals surface area contributed by atoms with Crippen LogP contribution in [0, 0.1) is 17.2 Å². The van der Waals surface area contributed by atoms with E-state index >= 15 is 0 Å². The molecule has 13 heteroatoms. The molecule has 1 spiro atoms. The molecule has 2 aromatic heterocycles. The van der Waals surface area contributed by atoms with Crippen molar-refractivity contribution in [1.29, 1.82) is 0 Å². The van der Waals surface area contributed by atoms with Crippen LogP contribution in [0.4, 0.5) is 10.2 Å². The van der Waals surface area contributed by atoms with Crippen LogP contribution in [0.3, 0.4) is 0 Å². The van der Waals surface area contributed by atoms with Gasteiger partial charge in [0.15, 0.2) is 5.82 Å². The molecule has 1 saturated carbocycles. The van der Waals surface area contributed by atoms with Gasteiger partial charge in [0.05, 0.1) is 17.3 Å². The van der Waals surface area contributed by atoms with Crippen LogP contribution in [0.1, 0.15) is 85.7 Å². The lowest BCUT2D eigenvalue weighted by atomic mass is 9.67. The average Bonchev–Trinajstić information content (AvgIpc) is 3.78. The molecule has 1 aliphatic carbocycles. The second-order valence-electron chi connectivity index (χ2n) is 13.5. The van der Waals surface area contributed by atoms with E-state index in [1.165, 1.54) is 61.5 Å². The molecule has 11 nitrogen and oxygen atoms in total. The fourth-order valence-electron chi connectivity index (χ4n) is 7.51. The molecule has 2 amide bonds. The Morgan fingerprint density at radius 1 is 1.15 bits per heavy atom. The van der Waals surface area contributed by atoms with E-state index in [0.29, 0.717) is 28.6 Å². The van der Waals surface area contributed by atoms with Crippen LogP contribution in [0.2, 0.25) is 0 Å². The lowest BCUT2D eigenvalue weighted by Gasteiger charge is -2.46. The van der Waals surface area contributed by atoms with Gasteiger partial charge in [-0.1, -0.05) is 0 Å². The molecule has 1 aromatic carbocycles. The maximum absolute atomic E-state index is 14.3. The Kier molecular flexibility index (Phi) is 10.3. The van der Waals surface area contributed by atoms with E-state index in [0.717, 1.165) is 52.0 Å². The van der Waals surface area contributed by atoms with Crippen LogP contribution >= 0.6 is 11.3 Å². The van der Waals surface area contributed by atoms with Gasteiger partial charge < -0.3 is 24.8 Å². The second-order valence-corrected chi connectivity index (χ2v) is 14.4. The fourth-order valence-corrected chi connectivity index (χ4v) is 8.03. The number of carbonyl (C=O) groups excluding carboxylic acids is 2. The largest absolute Gasteiger partial charge is 0.434 e. The highest BCUT2D eigenvalue weighted by atomic mass is 32.1.